The summed E-state index contributed by atoms with van der Waals surface area (Å²) in [6.45, 7) is 12.9. The smallest absolute Gasteiger partial charge is 0.0197 e. The molecule has 0 aliphatic rings. The van der Waals surface area contributed by atoms with Crippen LogP contribution in [-0.4, -0.2) is 0 Å². The first-order chi connectivity index (χ1) is 8.56. The van der Waals surface area contributed by atoms with Crippen LogP contribution in [0.15, 0.2) is 42.5 Å². The van der Waals surface area contributed by atoms with Crippen molar-refractivity contribution in [1.82, 2.24) is 0 Å². The number of hydrogen-bond acceptors (Lipinski definition) is 0. The van der Waals surface area contributed by atoms with E-state index in [-0.39, 0.29) is 0 Å². The fourth-order valence-electron chi connectivity index (χ4n) is 2.06. The molecule has 1 aromatic carbocycles. The number of unbranched alkanes of at least 4 members (excludes halogenated alkanes) is 1. The predicted octanol–water partition coefficient (Wildman–Crippen LogP) is 5.78. The summed E-state index contributed by atoms with van der Waals surface area (Å²) in [5, 5.41) is 0. The third-order valence-corrected chi connectivity index (χ3v) is 3.54. The van der Waals surface area contributed by atoms with Gasteiger partial charge in [-0.2, -0.15) is 0 Å². The lowest BCUT2D eigenvalue weighted by Crippen LogP contribution is -1.99. The molecule has 0 heterocycles. The van der Waals surface area contributed by atoms with Crippen molar-refractivity contribution in [3.05, 3.63) is 53.6 Å². The molecule has 0 saturated heterocycles. The van der Waals surface area contributed by atoms with E-state index < -0.39 is 0 Å². The van der Waals surface area contributed by atoms with E-state index in [1.54, 1.807) is 0 Å². The number of allylic oxidation sites excluding steroid dienone is 3. The zero-order chi connectivity index (χ0) is 13.5. The predicted molar refractivity (Wildman–Crippen MR) is 82.7 cm³/mol. The molecule has 0 amide bonds. The highest BCUT2D eigenvalue weighted by Gasteiger charge is 2.10. The molecule has 0 aliphatic carbocycles. The molecule has 1 rings (SSSR count). The minimum Gasteiger partial charge on any atom is -0.0999 e. The summed E-state index contributed by atoms with van der Waals surface area (Å²) < 4.78 is 0. The van der Waals surface area contributed by atoms with Crippen LogP contribution in [0.3, 0.4) is 0 Å². The molecule has 98 valence electrons. The molecule has 0 radical (unpaired) electrons. The highest BCUT2D eigenvalue weighted by Crippen LogP contribution is 2.28. The van der Waals surface area contributed by atoms with Gasteiger partial charge < -0.3 is 0 Å². The summed E-state index contributed by atoms with van der Waals surface area (Å²) in [6, 6.07) is 8.68. The van der Waals surface area contributed by atoms with Gasteiger partial charge >= 0.3 is 0 Å². The summed E-state index contributed by atoms with van der Waals surface area (Å²) in [7, 11) is 0. The molecule has 0 bridgehead atoms. The lowest BCUT2D eigenvalue weighted by atomic mass is 9.89. The van der Waals surface area contributed by atoms with Crippen molar-refractivity contribution < 1.29 is 0 Å². The SMILES string of the molecule is C=C(C)C(C)C/C(=C/CCC)c1ccccc1C. The quantitative estimate of drug-likeness (QED) is 0.555. The molecule has 0 N–H and O–H groups in total. The Labute approximate surface area is 112 Å². The number of rotatable bonds is 6. The van der Waals surface area contributed by atoms with Gasteiger partial charge in [0.2, 0.25) is 0 Å². The Balaban J connectivity index is 2.99. The van der Waals surface area contributed by atoms with Gasteiger partial charge in [0.05, 0.1) is 0 Å². The fraction of sp³-hybridized carbons (Fsp3) is 0.444. The number of benzene rings is 1. The van der Waals surface area contributed by atoms with Crippen LogP contribution >= 0.6 is 0 Å². The lowest BCUT2D eigenvalue weighted by molar-refractivity contribution is 0.706. The highest BCUT2D eigenvalue weighted by atomic mass is 14.1. The number of hydrogen-bond donors (Lipinski definition) is 0. The van der Waals surface area contributed by atoms with Gasteiger partial charge in [-0.25, -0.2) is 0 Å². The van der Waals surface area contributed by atoms with Crippen molar-refractivity contribution in [2.24, 2.45) is 5.92 Å². The van der Waals surface area contributed by atoms with Crippen LogP contribution in [0.5, 0.6) is 0 Å². The van der Waals surface area contributed by atoms with Crippen LogP contribution in [0.4, 0.5) is 0 Å². The van der Waals surface area contributed by atoms with Crippen molar-refractivity contribution in [3.8, 4) is 0 Å². The summed E-state index contributed by atoms with van der Waals surface area (Å²) >= 11 is 0. The maximum atomic E-state index is 4.08. The van der Waals surface area contributed by atoms with Gasteiger partial charge in [0, 0.05) is 0 Å². The second-order valence-corrected chi connectivity index (χ2v) is 5.28. The Morgan fingerprint density at radius 3 is 2.56 bits per heavy atom. The maximum absolute atomic E-state index is 4.08. The van der Waals surface area contributed by atoms with E-state index in [1.807, 2.05) is 0 Å². The molecule has 18 heavy (non-hydrogen) atoms. The Hall–Kier alpha value is -1.30. The molecule has 1 aromatic rings. The summed E-state index contributed by atoms with van der Waals surface area (Å²) in [6.07, 6.45) is 5.87. The molecular formula is C18H26. The van der Waals surface area contributed by atoms with E-state index >= 15 is 0 Å². The average Bonchev–Trinajstić information content (AvgIpc) is 2.35. The van der Waals surface area contributed by atoms with Crippen LogP contribution in [0.1, 0.15) is 51.2 Å². The third kappa shape index (κ3) is 4.18. The van der Waals surface area contributed by atoms with Crippen molar-refractivity contribution >= 4 is 5.57 Å². The van der Waals surface area contributed by atoms with Gasteiger partial charge in [-0.1, -0.05) is 62.8 Å². The average molecular weight is 242 g/mol. The molecule has 0 heteroatoms. The van der Waals surface area contributed by atoms with Gasteiger partial charge in [0.15, 0.2) is 0 Å². The normalized spacial score (nSPS) is 13.4. The second kappa shape index (κ2) is 7.20. The summed E-state index contributed by atoms with van der Waals surface area (Å²) in [5.41, 5.74) is 5.52. The van der Waals surface area contributed by atoms with Gasteiger partial charge in [-0.15, -0.1) is 0 Å². The molecule has 1 unspecified atom stereocenters. The molecule has 1 atom stereocenters. The Morgan fingerprint density at radius 2 is 2.00 bits per heavy atom. The van der Waals surface area contributed by atoms with Gasteiger partial charge in [-0.05, 0) is 49.3 Å². The van der Waals surface area contributed by atoms with Crippen LogP contribution < -0.4 is 0 Å². The van der Waals surface area contributed by atoms with Gasteiger partial charge in [0.25, 0.3) is 0 Å². The first kappa shape index (κ1) is 14.8. The van der Waals surface area contributed by atoms with Crippen LogP contribution in [0, 0.1) is 12.8 Å². The Kier molecular flexibility index (Phi) is 5.91. The number of aryl methyl sites for hydroxylation is 1. The zero-order valence-electron chi connectivity index (χ0n) is 12.3. The Morgan fingerprint density at radius 1 is 1.33 bits per heavy atom. The van der Waals surface area contributed by atoms with Crippen molar-refractivity contribution in [2.75, 3.05) is 0 Å². The first-order valence-corrected chi connectivity index (χ1v) is 6.96. The van der Waals surface area contributed by atoms with E-state index in [9.17, 15) is 0 Å². The van der Waals surface area contributed by atoms with Crippen LogP contribution in [-0.2, 0) is 0 Å². The standard InChI is InChI=1S/C18H26/c1-6-7-11-17(13-16(5)14(2)3)18-12-9-8-10-15(18)4/h8-12,16H,2,6-7,13H2,1,3-5H3/b17-11-. The van der Waals surface area contributed by atoms with Crippen molar-refractivity contribution in [2.45, 2.75) is 47.0 Å². The van der Waals surface area contributed by atoms with Crippen molar-refractivity contribution in [3.63, 3.8) is 0 Å². The Bertz CT molecular complexity index is 423. The van der Waals surface area contributed by atoms with E-state index in [4.69, 9.17) is 0 Å². The minimum absolute atomic E-state index is 0.549. The highest BCUT2D eigenvalue weighted by molar-refractivity contribution is 5.68. The molecule has 0 spiro atoms. The first-order valence-electron chi connectivity index (χ1n) is 6.96. The van der Waals surface area contributed by atoms with Crippen molar-refractivity contribution in [1.29, 1.82) is 0 Å². The van der Waals surface area contributed by atoms with Gasteiger partial charge in [-0.3, -0.25) is 0 Å². The third-order valence-electron chi connectivity index (χ3n) is 3.54. The van der Waals surface area contributed by atoms with Crippen LogP contribution in [0.2, 0.25) is 0 Å². The van der Waals surface area contributed by atoms with E-state index in [0.717, 1.165) is 12.8 Å². The lowest BCUT2D eigenvalue weighted by Gasteiger charge is -2.16. The monoisotopic (exact) mass is 242 g/mol. The van der Waals surface area contributed by atoms with Gasteiger partial charge in [0.1, 0.15) is 0 Å². The van der Waals surface area contributed by atoms with E-state index in [0.29, 0.717) is 5.92 Å². The fourth-order valence-corrected chi connectivity index (χ4v) is 2.06. The summed E-state index contributed by atoms with van der Waals surface area (Å²) in [4.78, 5) is 0. The van der Waals surface area contributed by atoms with E-state index in [2.05, 4.69) is 64.6 Å². The molecule has 0 aliphatic heterocycles. The van der Waals surface area contributed by atoms with Crippen LogP contribution in [0.25, 0.3) is 5.57 Å². The maximum Gasteiger partial charge on any atom is -0.0197 e. The molecule has 0 saturated carbocycles. The zero-order valence-corrected chi connectivity index (χ0v) is 12.3. The summed E-state index contributed by atoms with van der Waals surface area (Å²) in [5.74, 6) is 0.549. The second-order valence-electron chi connectivity index (χ2n) is 5.28. The minimum atomic E-state index is 0.549. The molecule has 0 aromatic heterocycles. The topological polar surface area (TPSA) is 0 Å². The largest absolute Gasteiger partial charge is 0.0999 e. The molecular weight excluding hydrogens is 216 g/mol. The molecule has 0 fully saturated rings. The van der Waals surface area contributed by atoms with E-state index in [1.165, 1.54) is 28.7 Å². The molecule has 0 nitrogen and oxygen atoms in total.